The van der Waals surface area contributed by atoms with E-state index in [-0.39, 0.29) is 11.6 Å². The standard InChI is InChI=1S/C8H10O3/c9-5-6-7(10)3-1-2-4-8(6)11/h5-6H,1-4H2. The van der Waals surface area contributed by atoms with E-state index in [1.807, 2.05) is 0 Å². The Hall–Kier alpha value is -0.990. The molecule has 0 N–H and O–H groups in total. The summed E-state index contributed by atoms with van der Waals surface area (Å²) in [6, 6.07) is 0. The topological polar surface area (TPSA) is 51.2 Å². The molecule has 1 rings (SSSR count). The van der Waals surface area contributed by atoms with Crippen LogP contribution < -0.4 is 0 Å². The average molecular weight is 154 g/mol. The summed E-state index contributed by atoms with van der Waals surface area (Å²) < 4.78 is 0. The maximum atomic E-state index is 11.0. The number of hydrogen-bond acceptors (Lipinski definition) is 3. The monoisotopic (exact) mass is 154 g/mol. The molecule has 1 aliphatic rings. The molecule has 1 fully saturated rings. The molecule has 0 aliphatic heterocycles. The van der Waals surface area contributed by atoms with E-state index in [9.17, 15) is 14.4 Å². The lowest BCUT2D eigenvalue weighted by atomic mass is 10.00. The molecule has 1 saturated carbocycles. The zero-order valence-electron chi connectivity index (χ0n) is 6.21. The number of aldehydes is 1. The van der Waals surface area contributed by atoms with Crippen LogP contribution in [0.2, 0.25) is 0 Å². The molecule has 3 heteroatoms. The third-order valence-corrected chi connectivity index (χ3v) is 1.93. The SMILES string of the molecule is O=CC1C(=O)CCCCC1=O. The first-order valence-electron chi connectivity index (χ1n) is 3.76. The highest BCUT2D eigenvalue weighted by Crippen LogP contribution is 2.14. The quantitative estimate of drug-likeness (QED) is 0.314. The molecule has 0 saturated heterocycles. The minimum Gasteiger partial charge on any atom is -0.302 e. The van der Waals surface area contributed by atoms with Gasteiger partial charge in [-0.05, 0) is 12.8 Å². The molecule has 3 nitrogen and oxygen atoms in total. The minimum absolute atomic E-state index is 0.206. The summed E-state index contributed by atoms with van der Waals surface area (Å²) in [7, 11) is 0. The summed E-state index contributed by atoms with van der Waals surface area (Å²) >= 11 is 0. The largest absolute Gasteiger partial charge is 0.302 e. The van der Waals surface area contributed by atoms with Crippen molar-refractivity contribution in [1.82, 2.24) is 0 Å². The van der Waals surface area contributed by atoms with Crippen LogP contribution >= 0.6 is 0 Å². The maximum Gasteiger partial charge on any atom is 0.150 e. The Labute approximate surface area is 64.8 Å². The van der Waals surface area contributed by atoms with Crippen LogP contribution in [0.5, 0.6) is 0 Å². The lowest BCUT2D eigenvalue weighted by molar-refractivity contribution is -0.135. The Morgan fingerprint density at radius 3 is 1.91 bits per heavy atom. The molecular weight excluding hydrogens is 144 g/mol. The van der Waals surface area contributed by atoms with Crippen LogP contribution in [-0.2, 0) is 14.4 Å². The molecule has 0 spiro atoms. The van der Waals surface area contributed by atoms with Gasteiger partial charge >= 0.3 is 0 Å². The lowest BCUT2D eigenvalue weighted by Gasteiger charge is -2.00. The number of hydrogen-bond donors (Lipinski definition) is 0. The van der Waals surface area contributed by atoms with Crippen molar-refractivity contribution in [3.05, 3.63) is 0 Å². The highest BCUT2D eigenvalue weighted by atomic mass is 16.2. The van der Waals surface area contributed by atoms with Crippen LogP contribution in [0.25, 0.3) is 0 Å². The van der Waals surface area contributed by atoms with Gasteiger partial charge in [0.05, 0.1) is 0 Å². The highest BCUT2D eigenvalue weighted by molar-refractivity contribution is 6.13. The second-order valence-electron chi connectivity index (χ2n) is 2.75. The van der Waals surface area contributed by atoms with Crippen molar-refractivity contribution >= 4 is 17.9 Å². The van der Waals surface area contributed by atoms with Crippen molar-refractivity contribution in [2.45, 2.75) is 25.7 Å². The molecule has 0 aromatic rings. The summed E-state index contributed by atoms with van der Waals surface area (Å²) in [5.41, 5.74) is 0. The average Bonchev–Trinajstić information content (AvgIpc) is 2.12. The summed E-state index contributed by atoms with van der Waals surface area (Å²) in [4.78, 5) is 32.3. The zero-order chi connectivity index (χ0) is 8.27. The van der Waals surface area contributed by atoms with E-state index in [0.29, 0.717) is 19.1 Å². The van der Waals surface area contributed by atoms with Crippen LogP contribution in [0.15, 0.2) is 0 Å². The summed E-state index contributed by atoms with van der Waals surface area (Å²) in [5, 5.41) is 0. The first kappa shape index (κ1) is 8.11. The number of ketones is 2. The van der Waals surface area contributed by atoms with E-state index >= 15 is 0 Å². The van der Waals surface area contributed by atoms with Gasteiger partial charge in [0.1, 0.15) is 23.8 Å². The Kier molecular flexibility index (Phi) is 2.52. The molecule has 0 amide bonds. The predicted octanol–water partition coefficient (Wildman–Crippen LogP) is 0.514. The van der Waals surface area contributed by atoms with Gasteiger partial charge in [0.2, 0.25) is 0 Å². The molecule has 0 radical (unpaired) electrons. The van der Waals surface area contributed by atoms with Crippen molar-refractivity contribution in [3.63, 3.8) is 0 Å². The molecular formula is C8H10O3. The van der Waals surface area contributed by atoms with Crippen LogP contribution in [0, 0.1) is 5.92 Å². The summed E-state index contributed by atoms with van der Waals surface area (Å²) in [6.45, 7) is 0. The Morgan fingerprint density at radius 2 is 1.55 bits per heavy atom. The van der Waals surface area contributed by atoms with Crippen molar-refractivity contribution in [1.29, 1.82) is 0 Å². The molecule has 0 unspecified atom stereocenters. The second kappa shape index (κ2) is 3.42. The number of carbonyl (C=O) groups is 3. The van der Waals surface area contributed by atoms with E-state index in [1.165, 1.54) is 0 Å². The van der Waals surface area contributed by atoms with Crippen LogP contribution in [0.4, 0.5) is 0 Å². The third-order valence-electron chi connectivity index (χ3n) is 1.93. The van der Waals surface area contributed by atoms with Crippen LogP contribution in [0.3, 0.4) is 0 Å². The van der Waals surface area contributed by atoms with Gasteiger partial charge in [-0.1, -0.05) is 0 Å². The molecule has 0 atom stereocenters. The van der Waals surface area contributed by atoms with Crippen molar-refractivity contribution < 1.29 is 14.4 Å². The van der Waals surface area contributed by atoms with Crippen LogP contribution in [-0.4, -0.2) is 17.9 Å². The molecule has 0 heterocycles. The highest BCUT2D eigenvalue weighted by Gasteiger charge is 2.27. The molecule has 0 bridgehead atoms. The van der Waals surface area contributed by atoms with E-state index in [0.717, 1.165) is 12.8 Å². The first-order valence-corrected chi connectivity index (χ1v) is 3.76. The van der Waals surface area contributed by atoms with E-state index in [2.05, 4.69) is 0 Å². The van der Waals surface area contributed by atoms with Crippen molar-refractivity contribution in [2.24, 2.45) is 5.92 Å². The van der Waals surface area contributed by atoms with Gasteiger partial charge in [-0.2, -0.15) is 0 Å². The number of Topliss-reactive ketones (excluding diaryl/α,β-unsaturated/α-hetero) is 2. The smallest absolute Gasteiger partial charge is 0.150 e. The predicted molar refractivity (Wildman–Crippen MR) is 38.0 cm³/mol. The maximum absolute atomic E-state index is 11.0. The first-order chi connectivity index (χ1) is 5.25. The molecule has 1 aliphatic carbocycles. The number of carbonyl (C=O) groups excluding carboxylic acids is 3. The summed E-state index contributed by atoms with van der Waals surface area (Å²) in [5.74, 6) is -1.36. The van der Waals surface area contributed by atoms with Crippen molar-refractivity contribution in [3.8, 4) is 0 Å². The van der Waals surface area contributed by atoms with Crippen molar-refractivity contribution in [2.75, 3.05) is 0 Å². The van der Waals surface area contributed by atoms with Gasteiger partial charge in [-0.15, -0.1) is 0 Å². The minimum atomic E-state index is -0.947. The Morgan fingerprint density at radius 1 is 1.09 bits per heavy atom. The van der Waals surface area contributed by atoms with Gasteiger partial charge in [0.15, 0.2) is 0 Å². The third kappa shape index (κ3) is 1.73. The second-order valence-corrected chi connectivity index (χ2v) is 2.75. The van der Waals surface area contributed by atoms with Crippen LogP contribution in [0.1, 0.15) is 25.7 Å². The van der Waals surface area contributed by atoms with Gasteiger partial charge in [0.25, 0.3) is 0 Å². The fraction of sp³-hybridized carbons (Fsp3) is 0.625. The molecule has 0 aromatic heterocycles. The zero-order valence-corrected chi connectivity index (χ0v) is 6.21. The lowest BCUT2D eigenvalue weighted by Crippen LogP contribution is -2.22. The van der Waals surface area contributed by atoms with E-state index < -0.39 is 5.92 Å². The van der Waals surface area contributed by atoms with Gasteiger partial charge in [-0.3, -0.25) is 9.59 Å². The normalized spacial score (nSPS) is 21.5. The van der Waals surface area contributed by atoms with Gasteiger partial charge in [-0.25, -0.2) is 0 Å². The van der Waals surface area contributed by atoms with E-state index in [1.54, 1.807) is 0 Å². The molecule has 60 valence electrons. The molecule has 0 aromatic carbocycles. The Balaban J connectivity index is 2.74. The fourth-order valence-corrected chi connectivity index (χ4v) is 1.24. The van der Waals surface area contributed by atoms with E-state index in [4.69, 9.17) is 0 Å². The summed E-state index contributed by atoms with van der Waals surface area (Å²) in [6.07, 6.45) is 2.73. The van der Waals surface area contributed by atoms with Gasteiger partial charge in [0, 0.05) is 12.8 Å². The Bertz CT molecular complexity index is 178. The van der Waals surface area contributed by atoms with Gasteiger partial charge < -0.3 is 4.79 Å². The fourth-order valence-electron chi connectivity index (χ4n) is 1.24. The number of rotatable bonds is 1. The molecule has 11 heavy (non-hydrogen) atoms.